The Labute approximate surface area is 112 Å². The normalized spacial score (nSPS) is 11.2. The van der Waals surface area contributed by atoms with Crippen molar-refractivity contribution in [1.82, 2.24) is 4.98 Å². The summed E-state index contributed by atoms with van der Waals surface area (Å²) < 4.78 is 5.23. The molecule has 94 valence electrons. The fourth-order valence-corrected chi connectivity index (χ4v) is 2.10. The third-order valence-corrected chi connectivity index (χ3v) is 3.10. The summed E-state index contributed by atoms with van der Waals surface area (Å²) in [7, 11) is 1.68. The maximum absolute atomic E-state index is 5.23. The van der Waals surface area contributed by atoms with Gasteiger partial charge in [-0.15, -0.1) is 0 Å². The highest BCUT2D eigenvalue weighted by Gasteiger charge is 1.99. The van der Waals surface area contributed by atoms with Crippen LogP contribution in [0.4, 0.5) is 0 Å². The van der Waals surface area contributed by atoms with Crippen molar-refractivity contribution in [3.8, 4) is 5.75 Å². The van der Waals surface area contributed by atoms with Crippen LogP contribution < -0.4 is 4.74 Å². The van der Waals surface area contributed by atoms with Crippen molar-refractivity contribution in [2.45, 2.75) is 0 Å². The van der Waals surface area contributed by atoms with Crippen LogP contribution in [0.2, 0.25) is 0 Å². The van der Waals surface area contributed by atoms with Gasteiger partial charge in [0.1, 0.15) is 5.75 Å². The van der Waals surface area contributed by atoms with Crippen molar-refractivity contribution in [2.75, 3.05) is 7.11 Å². The molecule has 0 spiro atoms. The number of aromatic nitrogens is 1. The molecule has 0 radical (unpaired) electrons. The van der Waals surface area contributed by atoms with Gasteiger partial charge in [0.15, 0.2) is 0 Å². The number of rotatable bonds is 3. The van der Waals surface area contributed by atoms with Gasteiger partial charge in [-0.25, -0.2) is 0 Å². The number of aromatic amines is 1. The van der Waals surface area contributed by atoms with Gasteiger partial charge in [0, 0.05) is 16.6 Å². The fourth-order valence-electron chi connectivity index (χ4n) is 2.10. The molecule has 3 aromatic rings. The van der Waals surface area contributed by atoms with Gasteiger partial charge in [0.25, 0.3) is 0 Å². The minimum Gasteiger partial charge on any atom is -0.497 e. The SMILES string of the molecule is COc1ccc2[nH]c(C=Cc3ccccc3)cc2c1. The Morgan fingerprint density at radius 2 is 1.79 bits per heavy atom. The van der Waals surface area contributed by atoms with Crippen LogP contribution in [0.15, 0.2) is 54.6 Å². The van der Waals surface area contributed by atoms with E-state index in [4.69, 9.17) is 4.74 Å². The summed E-state index contributed by atoms with van der Waals surface area (Å²) in [5, 5.41) is 1.16. The molecule has 2 heteroatoms. The second kappa shape index (κ2) is 5.02. The molecule has 1 N–H and O–H groups in total. The van der Waals surface area contributed by atoms with Crippen LogP contribution in [0.1, 0.15) is 11.3 Å². The van der Waals surface area contributed by atoms with Gasteiger partial charge in [0.05, 0.1) is 7.11 Å². The van der Waals surface area contributed by atoms with Gasteiger partial charge in [-0.3, -0.25) is 0 Å². The first kappa shape index (κ1) is 11.6. The third kappa shape index (κ3) is 2.52. The molecule has 0 saturated heterocycles. The fraction of sp³-hybridized carbons (Fsp3) is 0.0588. The molecule has 0 bridgehead atoms. The molecule has 1 aromatic heterocycles. The Bertz CT molecular complexity index is 710. The van der Waals surface area contributed by atoms with Gasteiger partial charge in [0.2, 0.25) is 0 Å². The zero-order chi connectivity index (χ0) is 13.1. The smallest absolute Gasteiger partial charge is 0.119 e. The van der Waals surface area contributed by atoms with E-state index in [1.807, 2.05) is 36.4 Å². The number of H-pyrrole nitrogens is 1. The van der Waals surface area contributed by atoms with Crippen LogP contribution >= 0.6 is 0 Å². The minimum atomic E-state index is 0.880. The molecule has 0 aliphatic rings. The van der Waals surface area contributed by atoms with E-state index in [1.165, 1.54) is 5.56 Å². The van der Waals surface area contributed by atoms with Crippen LogP contribution in [-0.4, -0.2) is 12.1 Å². The van der Waals surface area contributed by atoms with E-state index in [9.17, 15) is 0 Å². The van der Waals surface area contributed by atoms with E-state index in [0.717, 1.165) is 22.3 Å². The second-order valence-electron chi connectivity index (χ2n) is 4.42. The average Bonchev–Trinajstić information content (AvgIpc) is 2.88. The maximum atomic E-state index is 5.23. The summed E-state index contributed by atoms with van der Waals surface area (Å²) in [5.41, 5.74) is 3.40. The number of hydrogen-bond acceptors (Lipinski definition) is 1. The highest BCUT2D eigenvalue weighted by Crippen LogP contribution is 2.22. The van der Waals surface area contributed by atoms with Gasteiger partial charge in [-0.1, -0.05) is 36.4 Å². The number of benzene rings is 2. The lowest BCUT2D eigenvalue weighted by atomic mass is 10.2. The largest absolute Gasteiger partial charge is 0.497 e. The van der Waals surface area contributed by atoms with E-state index >= 15 is 0 Å². The standard InChI is InChI=1S/C17H15NO/c1-19-16-9-10-17-14(12-16)11-15(18-17)8-7-13-5-3-2-4-6-13/h2-12,18H,1H3. The molecule has 1 heterocycles. The molecule has 2 aromatic carbocycles. The van der Waals surface area contributed by atoms with E-state index in [2.05, 4.69) is 35.3 Å². The van der Waals surface area contributed by atoms with E-state index in [1.54, 1.807) is 7.11 Å². The van der Waals surface area contributed by atoms with Crippen LogP contribution in [0.5, 0.6) is 5.75 Å². The maximum Gasteiger partial charge on any atom is 0.119 e. The quantitative estimate of drug-likeness (QED) is 0.733. The summed E-state index contributed by atoms with van der Waals surface area (Å²) in [5.74, 6) is 0.880. The van der Waals surface area contributed by atoms with Crippen molar-refractivity contribution >= 4 is 23.1 Å². The predicted octanol–water partition coefficient (Wildman–Crippen LogP) is 4.35. The zero-order valence-corrected chi connectivity index (χ0v) is 10.8. The third-order valence-electron chi connectivity index (χ3n) is 3.10. The Hall–Kier alpha value is -2.48. The van der Waals surface area contributed by atoms with Crippen molar-refractivity contribution in [3.05, 3.63) is 65.9 Å². The van der Waals surface area contributed by atoms with E-state index in [0.29, 0.717) is 0 Å². The van der Waals surface area contributed by atoms with Crippen molar-refractivity contribution in [2.24, 2.45) is 0 Å². The molecule has 0 aliphatic heterocycles. The molecular weight excluding hydrogens is 234 g/mol. The summed E-state index contributed by atoms with van der Waals surface area (Å²) in [6.45, 7) is 0. The number of hydrogen-bond donors (Lipinski definition) is 1. The van der Waals surface area contributed by atoms with Crippen LogP contribution in [0, 0.1) is 0 Å². The Morgan fingerprint density at radius 1 is 0.947 bits per heavy atom. The molecule has 0 fully saturated rings. The lowest BCUT2D eigenvalue weighted by Crippen LogP contribution is -1.80. The predicted molar refractivity (Wildman–Crippen MR) is 80.2 cm³/mol. The molecule has 3 rings (SSSR count). The van der Waals surface area contributed by atoms with E-state index in [-0.39, 0.29) is 0 Å². The summed E-state index contributed by atoms with van der Waals surface area (Å²) in [4.78, 5) is 3.37. The van der Waals surface area contributed by atoms with Crippen LogP contribution in [0.3, 0.4) is 0 Å². The Kier molecular flexibility index (Phi) is 3.07. The lowest BCUT2D eigenvalue weighted by molar-refractivity contribution is 0.415. The second-order valence-corrected chi connectivity index (χ2v) is 4.42. The molecule has 0 saturated carbocycles. The molecule has 0 amide bonds. The van der Waals surface area contributed by atoms with Gasteiger partial charge in [-0.05, 0) is 35.9 Å². The van der Waals surface area contributed by atoms with Crippen molar-refractivity contribution in [3.63, 3.8) is 0 Å². The Balaban J connectivity index is 1.91. The average molecular weight is 249 g/mol. The molecule has 0 atom stereocenters. The van der Waals surface area contributed by atoms with Crippen LogP contribution in [-0.2, 0) is 0 Å². The van der Waals surface area contributed by atoms with Crippen molar-refractivity contribution < 1.29 is 4.74 Å². The molecule has 0 unspecified atom stereocenters. The highest BCUT2D eigenvalue weighted by atomic mass is 16.5. The topological polar surface area (TPSA) is 25.0 Å². The first-order valence-electron chi connectivity index (χ1n) is 6.25. The monoisotopic (exact) mass is 249 g/mol. The highest BCUT2D eigenvalue weighted by molar-refractivity contribution is 5.85. The molecular formula is C17H15NO. The summed E-state index contributed by atoms with van der Waals surface area (Å²) in [6.07, 6.45) is 4.18. The zero-order valence-electron chi connectivity index (χ0n) is 10.8. The first-order valence-corrected chi connectivity index (χ1v) is 6.25. The number of methoxy groups -OCH3 is 1. The molecule has 2 nitrogen and oxygen atoms in total. The molecule has 19 heavy (non-hydrogen) atoms. The summed E-state index contributed by atoms with van der Waals surface area (Å²) in [6, 6.07) is 18.4. The van der Waals surface area contributed by atoms with Crippen molar-refractivity contribution in [1.29, 1.82) is 0 Å². The lowest BCUT2D eigenvalue weighted by Gasteiger charge is -1.97. The number of fused-ring (bicyclic) bond motifs is 1. The number of ether oxygens (including phenoxy) is 1. The summed E-state index contributed by atoms with van der Waals surface area (Å²) >= 11 is 0. The van der Waals surface area contributed by atoms with Gasteiger partial charge < -0.3 is 9.72 Å². The number of nitrogens with one attached hydrogen (secondary N) is 1. The van der Waals surface area contributed by atoms with Crippen LogP contribution in [0.25, 0.3) is 23.1 Å². The van der Waals surface area contributed by atoms with Gasteiger partial charge >= 0.3 is 0 Å². The van der Waals surface area contributed by atoms with Gasteiger partial charge in [-0.2, -0.15) is 0 Å². The molecule has 0 aliphatic carbocycles. The Morgan fingerprint density at radius 3 is 2.58 bits per heavy atom. The minimum absolute atomic E-state index is 0.880. The first-order chi connectivity index (χ1) is 9.35. The van der Waals surface area contributed by atoms with E-state index < -0.39 is 0 Å².